The van der Waals surface area contributed by atoms with Crippen molar-refractivity contribution in [2.45, 2.75) is 19.8 Å². The van der Waals surface area contributed by atoms with Crippen LogP contribution in [0, 0.1) is 9.49 Å². The third kappa shape index (κ3) is 5.58. The number of para-hydroxylation sites is 1. The Morgan fingerprint density at radius 3 is 2.65 bits per heavy atom. The summed E-state index contributed by atoms with van der Waals surface area (Å²) in [7, 11) is 0. The maximum atomic E-state index is 5.70. The van der Waals surface area contributed by atoms with Crippen molar-refractivity contribution >= 4 is 22.6 Å². The molecule has 1 aliphatic heterocycles. The highest BCUT2D eigenvalue weighted by Gasteiger charge is 2.17. The molecule has 0 aliphatic carbocycles. The van der Waals surface area contributed by atoms with Gasteiger partial charge < -0.3 is 14.4 Å². The van der Waals surface area contributed by atoms with E-state index in [9.17, 15) is 0 Å². The van der Waals surface area contributed by atoms with Crippen LogP contribution in [0.3, 0.4) is 0 Å². The zero-order valence-electron chi connectivity index (χ0n) is 12.2. The monoisotopic (exact) mass is 390 g/mol. The first kappa shape index (κ1) is 16.0. The van der Waals surface area contributed by atoms with Gasteiger partial charge in [0, 0.05) is 0 Å². The number of hydrogen-bond donors (Lipinski definition) is 1. The summed E-state index contributed by atoms with van der Waals surface area (Å²) in [6.07, 6.45) is 2.73. The third-order valence-electron chi connectivity index (χ3n) is 3.90. The van der Waals surface area contributed by atoms with Gasteiger partial charge in [0.1, 0.15) is 18.9 Å². The van der Waals surface area contributed by atoms with Crippen LogP contribution in [0.15, 0.2) is 24.3 Å². The summed E-state index contributed by atoms with van der Waals surface area (Å²) in [4.78, 5) is 1.70. The fourth-order valence-electron chi connectivity index (χ4n) is 2.51. The number of likely N-dealkylation sites (tertiary alicyclic amines) is 1. The smallest absolute Gasteiger partial charge is 0.132 e. The fourth-order valence-corrected chi connectivity index (χ4v) is 3.05. The van der Waals surface area contributed by atoms with Crippen LogP contribution in [0.1, 0.15) is 19.8 Å². The van der Waals surface area contributed by atoms with Crippen LogP contribution < -0.4 is 9.64 Å². The Bertz CT molecular complexity index is 392. The van der Waals surface area contributed by atoms with Crippen molar-refractivity contribution in [3.63, 3.8) is 0 Å². The van der Waals surface area contributed by atoms with Crippen molar-refractivity contribution in [3.8, 4) is 5.75 Å². The number of quaternary nitrogens is 1. The molecule has 1 aliphatic rings. The SMILES string of the molecule is CC1CC[NH+](CCOCCOc2ccccc2I)CC1. The first-order valence-corrected chi connectivity index (χ1v) is 8.62. The normalized spacial score (nSPS) is 22.7. The quantitative estimate of drug-likeness (QED) is 0.569. The van der Waals surface area contributed by atoms with Crippen LogP contribution in [-0.2, 0) is 4.74 Å². The van der Waals surface area contributed by atoms with Crippen molar-refractivity contribution < 1.29 is 14.4 Å². The van der Waals surface area contributed by atoms with Crippen LogP contribution in [0.5, 0.6) is 5.75 Å². The van der Waals surface area contributed by atoms with Gasteiger partial charge in [-0.3, -0.25) is 0 Å². The lowest BCUT2D eigenvalue weighted by atomic mass is 9.99. The van der Waals surface area contributed by atoms with Gasteiger partial charge in [-0.05, 0) is 53.5 Å². The maximum absolute atomic E-state index is 5.70. The van der Waals surface area contributed by atoms with Crippen LogP contribution in [-0.4, -0.2) is 39.5 Å². The Labute approximate surface area is 135 Å². The second-order valence-electron chi connectivity index (χ2n) is 5.57. The van der Waals surface area contributed by atoms with E-state index >= 15 is 0 Å². The summed E-state index contributed by atoms with van der Waals surface area (Å²) >= 11 is 2.29. The number of piperidine rings is 1. The number of hydrogen-bond acceptors (Lipinski definition) is 2. The lowest BCUT2D eigenvalue weighted by molar-refractivity contribution is -0.906. The Morgan fingerprint density at radius 1 is 1.15 bits per heavy atom. The first-order chi connectivity index (χ1) is 9.75. The van der Waals surface area contributed by atoms with Crippen molar-refractivity contribution in [2.75, 3.05) is 39.5 Å². The van der Waals surface area contributed by atoms with Gasteiger partial charge >= 0.3 is 0 Å². The molecule has 3 nitrogen and oxygen atoms in total. The molecule has 1 saturated heterocycles. The van der Waals surface area contributed by atoms with E-state index in [1.165, 1.54) is 25.9 Å². The summed E-state index contributed by atoms with van der Waals surface area (Å²) < 4.78 is 12.5. The molecule has 1 N–H and O–H groups in total. The molecule has 0 spiro atoms. The maximum Gasteiger partial charge on any atom is 0.132 e. The highest BCUT2D eigenvalue weighted by Crippen LogP contribution is 2.19. The highest BCUT2D eigenvalue weighted by molar-refractivity contribution is 14.1. The van der Waals surface area contributed by atoms with Gasteiger partial charge in [-0.2, -0.15) is 0 Å². The van der Waals surface area contributed by atoms with E-state index in [0.717, 1.165) is 28.4 Å². The minimum absolute atomic E-state index is 0.631. The van der Waals surface area contributed by atoms with Gasteiger partial charge in [-0.1, -0.05) is 19.1 Å². The van der Waals surface area contributed by atoms with Gasteiger partial charge in [-0.25, -0.2) is 0 Å². The molecule has 0 bridgehead atoms. The number of nitrogens with one attached hydrogen (secondary N) is 1. The van der Waals surface area contributed by atoms with Crippen LogP contribution >= 0.6 is 22.6 Å². The summed E-state index contributed by atoms with van der Waals surface area (Å²) in [5, 5.41) is 0. The number of halogens is 1. The molecule has 0 saturated carbocycles. The minimum atomic E-state index is 0.631. The largest absolute Gasteiger partial charge is 0.490 e. The second kappa shape index (κ2) is 8.85. The van der Waals surface area contributed by atoms with E-state index < -0.39 is 0 Å². The van der Waals surface area contributed by atoms with Gasteiger partial charge in [-0.15, -0.1) is 0 Å². The van der Waals surface area contributed by atoms with Gasteiger partial charge in [0.2, 0.25) is 0 Å². The molecule has 1 aromatic rings. The molecule has 20 heavy (non-hydrogen) atoms. The fraction of sp³-hybridized carbons (Fsp3) is 0.625. The van der Waals surface area contributed by atoms with Gasteiger partial charge in [0.15, 0.2) is 0 Å². The molecule has 112 valence electrons. The predicted octanol–water partition coefficient (Wildman–Crippen LogP) is 2.00. The molecule has 1 heterocycles. The van der Waals surface area contributed by atoms with E-state index in [4.69, 9.17) is 9.47 Å². The zero-order valence-corrected chi connectivity index (χ0v) is 14.4. The van der Waals surface area contributed by atoms with E-state index in [1.54, 1.807) is 4.90 Å². The standard InChI is InChI=1S/C16H24INO2/c1-14-6-8-18(9-7-14)10-11-19-12-13-20-16-5-3-2-4-15(16)17/h2-5,14H,6-13H2,1H3/p+1. The topological polar surface area (TPSA) is 22.9 Å². The summed E-state index contributed by atoms with van der Waals surface area (Å²) in [5.74, 6) is 1.87. The molecular formula is C16H25INO2+. The third-order valence-corrected chi connectivity index (χ3v) is 4.79. The van der Waals surface area contributed by atoms with Crippen LogP contribution in [0.2, 0.25) is 0 Å². The molecule has 2 rings (SSSR count). The number of ether oxygens (including phenoxy) is 2. The molecule has 0 amide bonds. The van der Waals surface area contributed by atoms with Gasteiger partial charge in [0.05, 0.1) is 29.9 Å². The average Bonchev–Trinajstić information content (AvgIpc) is 2.46. The van der Waals surface area contributed by atoms with Crippen molar-refractivity contribution in [3.05, 3.63) is 27.8 Å². The molecule has 1 aromatic carbocycles. The lowest BCUT2D eigenvalue weighted by Crippen LogP contribution is -3.13. The molecule has 0 unspecified atom stereocenters. The van der Waals surface area contributed by atoms with Crippen LogP contribution in [0.4, 0.5) is 0 Å². The van der Waals surface area contributed by atoms with E-state index in [0.29, 0.717) is 13.2 Å². The zero-order chi connectivity index (χ0) is 14.2. The number of rotatable bonds is 7. The Morgan fingerprint density at radius 2 is 1.90 bits per heavy atom. The highest BCUT2D eigenvalue weighted by atomic mass is 127. The second-order valence-corrected chi connectivity index (χ2v) is 6.74. The first-order valence-electron chi connectivity index (χ1n) is 7.54. The molecule has 0 aromatic heterocycles. The number of benzene rings is 1. The Hall–Kier alpha value is -0.330. The predicted molar refractivity (Wildman–Crippen MR) is 89.4 cm³/mol. The van der Waals surface area contributed by atoms with E-state index in [2.05, 4.69) is 35.6 Å². The summed E-state index contributed by atoms with van der Waals surface area (Å²) in [6, 6.07) is 8.07. The van der Waals surface area contributed by atoms with Gasteiger partial charge in [0.25, 0.3) is 0 Å². The molecule has 0 radical (unpaired) electrons. The Balaban J connectivity index is 1.51. The van der Waals surface area contributed by atoms with Crippen molar-refractivity contribution in [2.24, 2.45) is 5.92 Å². The van der Waals surface area contributed by atoms with E-state index in [-0.39, 0.29) is 0 Å². The van der Waals surface area contributed by atoms with Crippen LogP contribution in [0.25, 0.3) is 0 Å². The summed E-state index contributed by atoms with van der Waals surface area (Å²) in [5.41, 5.74) is 0. The minimum Gasteiger partial charge on any atom is -0.490 e. The molecule has 0 atom stereocenters. The van der Waals surface area contributed by atoms with Crippen molar-refractivity contribution in [1.82, 2.24) is 0 Å². The average molecular weight is 390 g/mol. The van der Waals surface area contributed by atoms with E-state index in [1.807, 2.05) is 18.2 Å². The molecule has 1 fully saturated rings. The summed E-state index contributed by atoms with van der Waals surface area (Å²) in [6.45, 7) is 8.26. The van der Waals surface area contributed by atoms with Crippen molar-refractivity contribution in [1.29, 1.82) is 0 Å². The Kier molecular flexibility index (Phi) is 7.10. The lowest BCUT2D eigenvalue weighted by Gasteiger charge is -2.27. The molecule has 4 heteroatoms. The molecular weight excluding hydrogens is 365 g/mol.